The number of nitrogens with zero attached hydrogens (tertiary/aromatic N) is 1. The molecule has 0 aliphatic rings. The molecule has 1 N–H and O–H groups in total. The summed E-state index contributed by atoms with van der Waals surface area (Å²) in [6.45, 7) is 4.18. The van der Waals surface area contributed by atoms with E-state index in [-0.39, 0.29) is 12.0 Å². The van der Waals surface area contributed by atoms with Crippen LogP contribution in [0.3, 0.4) is 0 Å². The standard InChI is InChI=1S/C7H11NOS/c1-7(2,4-9)6-3-8-5-10-6/h3,5,9H,4H2,1-2H3. The van der Waals surface area contributed by atoms with Crippen LogP contribution in [-0.4, -0.2) is 16.7 Å². The molecule has 0 aliphatic heterocycles. The number of hydrogen-bond donors (Lipinski definition) is 1. The van der Waals surface area contributed by atoms with E-state index < -0.39 is 0 Å². The maximum Gasteiger partial charge on any atom is 0.0794 e. The van der Waals surface area contributed by atoms with Gasteiger partial charge in [0, 0.05) is 16.5 Å². The van der Waals surface area contributed by atoms with Crippen molar-refractivity contribution in [2.75, 3.05) is 6.61 Å². The van der Waals surface area contributed by atoms with Gasteiger partial charge in [-0.25, -0.2) is 0 Å². The lowest BCUT2D eigenvalue weighted by Crippen LogP contribution is -2.20. The van der Waals surface area contributed by atoms with Crippen molar-refractivity contribution in [3.63, 3.8) is 0 Å². The lowest BCUT2D eigenvalue weighted by atomic mass is 9.94. The highest BCUT2D eigenvalue weighted by Crippen LogP contribution is 2.24. The van der Waals surface area contributed by atoms with Crippen LogP contribution in [0.15, 0.2) is 11.7 Å². The zero-order chi connectivity index (χ0) is 7.61. The van der Waals surface area contributed by atoms with Crippen molar-refractivity contribution in [2.45, 2.75) is 19.3 Å². The molecule has 0 saturated heterocycles. The lowest BCUT2D eigenvalue weighted by Gasteiger charge is -2.18. The molecular weight excluding hydrogens is 146 g/mol. The van der Waals surface area contributed by atoms with Gasteiger partial charge in [-0.1, -0.05) is 13.8 Å². The molecule has 10 heavy (non-hydrogen) atoms. The summed E-state index contributed by atoms with van der Waals surface area (Å²) in [5.41, 5.74) is 1.66. The minimum Gasteiger partial charge on any atom is -0.395 e. The van der Waals surface area contributed by atoms with Gasteiger partial charge in [0.2, 0.25) is 0 Å². The van der Waals surface area contributed by atoms with Gasteiger partial charge in [-0.15, -0.1) is 11.3 Å². The highest BCUT2D eigenvalue weighted by atomic mass is 32.1. The van der Waals surface area contributed by atoms with Gasteiger partial charge in [-0.05, 0) is 0 Å². The van der Waals surface area contributed by atoms with Gasteiger partial charge in [0.15, 0.2) is 0 Å². The maximum absolute atomic E-state index is 8.94. The minimum atomic E-state index is -0.124. The van der Waals surface area contributed by atoms with Crippen molar-refractivity contribution < 1.29 is 5.11 Å². The van der Waals surface area contributed by atoms with Crippen LogP contribution >= 0.6 is 11.3 Å². The van der Waals surface area contributed by atoms with Gasteiger partial charge in [-0.3, -0.25) is 4.98 Å². The molecule has 0 aliphatic carbocycles. The molecule has 0 amide bonds. The highest BCUT2D eigenvalue weighted by Gasteiger charge is 2.20. The summed E-state index contributed by atoms with van der Waals surface area (Å²) in [6.07, 6.45) is 1.81. The van der Waals surface area contributed by atoms with Crippen LogP contribution in [0.1, 0.15) is 18.7 Å². The van der Waals surface area contributed by atoms with Gasteiger partial charge < -0.3 is 5.11 Å². The molecule has 1 aromatic heterocycles. The van der Waals surface area contributed by atoms with E-state index in [0.717, 1.165) is 4.88 Å². The third kappa shape index (κ3) is 1.36. The van der Waals surface area contributed by atoms with Crippen molar-refractivity contribution >= 4 is 11.3 Å². The molecule has 0 aromatic carbocycles. The fraction of sp³-hybridized carbons (Fsp3) is 0.571. The van der Waals surface area contributed by atoms with Gasteiger partial charge in [-0.2, -0.15) is 0 Å². The van der Waals surface area contributed by atoms with E-state index in [2.05, 4.69) is 4.98 Å². The van der Waals surface area contributed by atoms with E-state index >= 15 is 0 Å². The number of rotatable bonds is 2. The summed E-state index contributed by atoms with van der Waals surface area (Å²) in [6, 6.07) is 0. The number of aliphatic hydroxyl groups excluding tert-OH is 1. The Balaban J connectivity index is 2.85. The Morgan fingerprint density at radius 3 is 2.80 bits per heavy atom. The molecule has 0 saturated carbocycles. The van der Waals surface area contributed by atoms with E-state index in [0.29, 0.717) is 0 Å². The van der Waals surface area contributed by atoms with Crippen LogP contribution < -0.4 is 0 Å². The van der Waals surface area contributed by atoms with Gasteiger partial charge >= 0.3 is 0 Å². The average molecular weight is 157 g/mol. The molecule has 56 valence electrons. The molecule has 0 radical (unpaired) electrons. The van der Waals surface area contributed by atoms with Crippen LogP contribution in [0.4, 0.5) is 0 Å². The monoisotopic (exact) mass is 157 g/mol. The number of hydrogen-bond acceptors (Lipinski definition) is 3. The van der Waals surface area contributed by atoms with Gasteiger partial charge in [0.1, 0.15) is 0 Å². The zero-order valence-corrected chi connectivity index (χ0v) is 6.98. The molecule has 0 atom stereocenters. The van der Waals surface area contributed by atoms with E-state index in [1.54, 1.807) is 23.0 Å². The zero-order valence-electron chi connectivity index (χ0n) is 6.16. The smallest absolute Gasteiger partial charge is 0.0794 e. The highest BCUT2D eigenvalue weighted by molar-refractivity contribution is 7.09. The SMILES string of the molecule is CC(C)(CO)c1cncs1. The first-order chi connectivity index (χ1) is 4.67. The van der Waals surface area contributed by atoms with E-state index in [1.807, 2.05) is 13.8 Å². The molecule has 0 spiro atoms. The lowest BCUT2D eigenvalue weighted by molar-refractivity contribution is 0.221. The molecule has 0 fully saturated rings. The summed E-state index contributed by atoms with van der Waals surface area (Å²) < 4.78 is 0. The number of aromatic nitrogens is 1. The first-order valence-corrected chi connectivity index (χ1v) is 4.04. The number of aliphatic hydroxyl groups is 1. The Labute approximate surface area is 64.5 Å². The molecular formula is C7H11NOS. The van der Waals surface area contributed by atoms with E-state index in [1.165, 1.54) is 0 Å². The Morgan fingerprint density at radius 1 is 1.70 bits per heavy atom. The van der Waals surface area contributed by atoms with Crippen LogP contribution in [0, 0.1) is 0 Å². The van der Waals surface area contributed by atoms with Crippen molar-refractivity contribution in [2.24, 2.45) is 0 Å². The maximum atomic E-state index is 8.94. The Hall–Kier alpha value is -0.410. The van der Waals surface area contributed by atoms with Crippen LogP contribution in [-0.2, 0) is 5.41 Å². The second-order valence-corrected chi connectivity index (χ2v) is 3.79. The summed E-state index contributed by atoms with van der Waals surface area (Å²) in [4.78, 5) is 5.08. The fourth-order valence-electron chi connectivity index (χ4n) is 0.628. The Morgan fingerprint density at radius 2 is 2.40 bits per heavy atom. The summed E-state index contributed by atoms with van der Waals surface area (Å²) in [5.74, 6) is 0. The topological polar surface area (TPSA) is 33.1 Å². The largest absolute Gasteiger partial charge is 0.395 e. The molecule has 2 nitrogen and oxygen atoms in total. The first-order valence-electron chi connectivity index (χ1n) is 3.16. The fourth-order valence-corrected chi connectivity index (χ4v) is 1.37. The quantitative estimate of drug-likeness (QED) is 0.704. The summed E-state index contributed by atoms with van der Waals surface area (Å²) in [5, 5.41) is 8.94. The third-order valence-electron chi connectivity index (χ3n) is 1.49. The molecule has 1 rings (SSSR count). The Kier molecular flexibility index (Phi) is 2.06. The molecule has 1 heterocycles. The summed E-state index contributed by atoms with van der Waals surface area (Å²) in [7, 11) is 0. The third-order valence-corrected chi connectivity index (χ3v) is 2.63. The molecule has 0 bridgehead atoms. The normalized spacial score (nSPS) is 11.9. The van der Waals surface area contributed by atoms with Gasteiger partial charge in [0.25, 0.3) is 0 Å². The molecule has 0 unspecified atom stereocenters. The second-order valence-electron chi connectivity index (χ2n) is 2.91. The van der Waals surface area contributed by atoms with Crippen LogP contribution in [0.2, 0.25) is 0 Å². The van der Waals surface area contributed by atoms with Crippen LogP contribution in [0.5, 0.6) is 0 Å². The molecule has 3 heteroatoms. The minimum absolute atomic E-state index is 0.124. The van der Waals surface area contributed by atoms with Crippen LogP contribution in [0.25, 0.3) is 0 Å². The molecule has 1 aromatic rings. The van der Waals surface area contributed by atoms with Gasteiger partial charge in [0.05, 0.1) is 12.1 Å². The van der Waals surface area contributed by atoms with E-state index in [4.69, 9.17) is 5.11 Å². The predicted molar refractivity (Wildman–Crippen MR) is 42.2 cm³/mol. The number of thiazole rings is 1. The first kappa shape index (κ1) is 7.69. The van der Waals surface area contributed by atoms with Crippen molar-refractivity contribution in [3.05, 3.63) is 16.6 Å². The van der Waals surface area contributed by atoms with Crippen molar-refractivity contribution in [1.82, 2.24) is 4.98 Å². The predicted octanol–water partition coefficient (Wildman–Crippen LogP) is 1.41. The van der Waals surface area contributed by atoms with E-state index in [9.17, 15) is 0 Å². The Bertz CT molecular complexity index is 193. The average Bonchev–Trinajstić information content (AvgIpc) is 2.38. The van der Waals surface area contributed by atoms with Crippen molar-refractivity contribution in [3.8, 4) is 0 Å². The summed E-state index contributed by atoms with van der Waals surface area (Å²) >= 11 is 1.58. The van der Waals surface area contributed by atoms with Crippen molar-refractivity contribution in [1.29, 1.82) is 0 Å². The second kappa shape index (κ2) is 2.68.